The van der Waals surface area contributed by atoms with Gasteiger partial charge in [0.25, 0.3) is 0 Å². The monoisotopic (exact) mass is 177 g/mol. The van der Waals surface area contributed by atoms with Crippen LogP contribution in [0, 0.1) is 0 Å². The van der Waals surface area contributed by atoms with Crippen LogP contribution in [0.5, 0.6) is 0 Å². The Morgan fingerprint density at radius 3 is 2.23 bits per heavy atom. The summed E-state index contributed by atoms with van der Waals surface area (Å²) in [6, 6.07) is 10.6. The summed E-state index contributed by atoms with van der Waals surface area (Å²) in [6.45, 7) is 7.63. The van der Waals surface area contributed by atoms with E-state index in [0.29, 0.717) is 0 Å². The van der Waals surface area contributed by atoms with Crippen LogP contribution in [0.1, 0.15) is 26.3 Å². The minimum atomic E-state index is 0.231. The predicted molar refractivity (Wildman–Crippen MR) is 57.9 cm³/mol. The highest BCUT2D eigenvalue weighted by Crippen LogP contribution is 2.01. The molecule has 0 aliphatic rings. The van der Waals surface area contributed by atoms with E-state index in [1.807, 2.05) is 0 Å². The first kappa shape index (κ1) is 10.3. The Morgan fingerprint density at radius 1 is 1.08 bits per heavy atom. The quantitative estimate of drug-likeness (QED) is 0.748. The van der Waals surface area contributed by atoms with E-state index in [4.69, 9.17) is 0 Å². The first-order valence-electron chi connectivity index (χ1n) is 4.87. The van der Waals surface area contributed by atoms with E-state index < -0.39 is 0 Å². The summed E-state index contributed by atoms with van der Waals surface area (Å²) >= 11 is 0. The maximum atomic E-state index is 3.47. The molecule has 0 amide bonds. The predicted octanol–water partition coefficient (Wildman–Crippen LogP) is 2.62. The lowest BCUT2D eigenvalue weighted by molar-refractivity contribution is 0.429. The number of hydrogen-bond acceptors (Lipinski definition) is 1. The summed E-state index contributed by atoms with van der Waals surface area (Å²) in [4.78, 5) is 0. The first-order valence-corrected chi connectivity index (χ1v) is 4.87. The van der Waals surface area contributed by atoms with Crippen LogP contribution in [-0.2, 0) is 6.42 Å². The van der Waals surface area contributed by atoms with Gasteiger partial charge in [0.05, 0.1) is 0 Å². The Hall–Kier alpha value is -0.820. The average Bonchev–Trinajstić information content (AvgIpc) is 2.04. The third-order valence-electron chi connectivity index (χ3n) is 1.91. The summed E-state index contributed by atoms with van der Waals surface area (Å²) in [5, 5.41) is 3.47. The molecule has 0 saturated heterocycles. The van der Waals surface area contributed by atoms with E-state index in [1.54, 1.807) is 0 Å². The van der Waals surface area contributed by atoms with Crippen molar-refractivity contribution in [3.8, 4) is 0 Å². The van der Waals surface area contributed by atoms with Crippen molar-refractivity contribution in [2.45, 2.75) is 32.7 Å². The molecule has 0 heterocycles. The maximum absolute atomic E-state index is 3.47. The largest absolute Gasteiger partial charge is 0.312 e. The summed E-state index contributed by atoms with van der Waals surface area (Å²) in [7, 11) is 0. The topological polar surface area (TPSA) is 12.0 Å². The molecule has 0 saturated carbocycles. The Labute approximate surface area is 81.2 Å². The molecule has 1 aromatic rings. The normalized spacial score (nSPS) is 11.6. The van der Waals surface area contributed by atoms with Crippen LogP contribution in [0.4, 0.5) is 0 Å². The lowest BCUT2D eigenvalue weighted by Gasteiger charge is -2.20. The van der Waals surface area contributed by atoms with Crippen molar-refractivity contribution in [1.29, 1.82) is 0 Å². The van der Waals surface area contributed by atoms with Crippen LogP contribution < -0.4 is 5.32 Å². The Bertz CT molecular complexity index is 233. The molecule has 0 aromatic heterocycles. The van der Waals surface area contributed by atoms with Crippen molar-refractivity contribution in [3.05, 3.63) is 35.9 Å². The van der Waals surface area contributed by atoms with Crippen molar-refractivity contribution in [2.24, 2.45) is 0 Å². The van der Waals surface area contributed by atoms with Crippen molar-refractivity contribution >= 4 is 0 Å². The number of rotatable bonds is 3. The highest BCUT2D eigenvalue weighted by Gasteiger charge is 2.06. The van der Waals surface area contributed by atoms with Gasteiger partial charge in [-0.15, -0.1) is 0 Å². The molecule has 1 nitrogen and oxygen atoms in total. The van der Waals surface area contributed by atoms with Gasteiger partial charge >= 0.3 is 0 Å². The van der Waals surface area contributed by atoms with Crippen molar-refractivity contribution in [2.75, 3.05) is 6.54 Å². The van der Waals surface area contributed by atoms with Crippen molar-refractivity contribution < 1.29 is 0 Å². The van der Waals surface area contributed by atoms with Crippen LogP contribution in [0.2, 0.25) is 0 Å². The Kier molecular flexibility index (Phi) is 3.49. The maximum Gasteiger partial charge on any atom is 0.00966 e. The average molecular weight is 177 g/mol. The number of nitrogens with one attached hydrogen (secondary N) is 1. The molecule has 0 unspecified atom stereocenters. The van der Waals surface area contributed by atoms with Crippen LogP contribution >= 0.6 is 0 Å². The van der Waals surface area contributed by atoms with Crippen LogP contribution in [0.15, 0.2) is 30.3 Å². The molecule has 0 fully saturated rings. The molecule has 0 aliphatic heterocycles. The smallest absolute Gasteiger partial charge is 0.00966 e. The van der Waals surface area contributed by atoms with Gasteiger partial charge in [-0.05, 0) is 39.3 Å². The second kappa shape index (κ2) is 4.43. The fourth-order valence-corrected chi connectivity index (χ4v) is 1.23. The lowest BCUT2D eigenvalue weighted by atomic mass is 10.1. The van der Waals surface area contributed by atoms with Gasteiger partial charge in [0.1, 0.15) is 0 Å². The molecule has 13 heavy (non-hydrogen) atoms. The van der Waals surface area contributed by atoms with Crippen LogP contribution in [0.3, 0.4) is 0 Å². The summed E-state index contributed by atoms with van der Waals surface area (Å²) in [5.41, 5.74) is 1.63. The van der Waals surface area contributed by atoms with Crippen molar-refractivity contribution in [1.82, 2.24) is 5.32 Å². The van der Waals surface area contributed by atoms with Gasteiger partial charge in [0.2, 0.25) is 0 Å². The van der Waals surface area contributed by atoms with Gasteiger partial charge in [-0.25, -0.2) is 0 Å². The van der Waals surface area contributed by atoms with Gasteiger partial charge in [-0.3, -0.25) is 0 Å². The Morgan fingerprint density at radius 2 is 1.69 bits per heavy atom. The summed E-state index contributed by atoms with van der Waals surface area (Å²) in [6.07, 6.45) is 1.11. The molecule has 0 bridgehead atoms. The highest BCUT2D eigenvalue weighted by atomic mass is 14.9. The number of hydrogen-bond donors (Lipinski definition) is 1. The van der Waals surface area contributed by atoms with E-state index in [0.717, 1.165) is 13.0 Å². The highest BCUT2D eigenvalue weighted by molar-refractivity contribution is 5.14. The third-order valence-corrected chi connectivity index (χ3v) is 1.91. The molecule has 1 heteroatoms. The SMILES string of the molecule is CC(C)(C)NCCc1ccccc1. The molecule has 0 aliphatic carbocycles. The van der Waals surface area contributed by atoms with Gasteiger partial charge in [-0.1, -0.05) is 30.3 Å². The third kappa shape index (κ3) is 4.69. The minimum Gasteiger partial charge on any atom is -0.312 e. The first-order chi connectivity index (χ1) is 6.08. The van der Waals surface area contributed by atoms with Crippen LogP contribution in [0.25, 0.3) is 0 Å². The second-order valence-corrected chi connectivity index (χ2v) is 4.41. The zero-order valence-corrected chi connectivity index (χ0v) is 8.80. The molecular weight excluding hydrogens is 158 g/mol. The standard InChI is InChI=1S/C12H19N/c1-12(2,3)13-10-9-11-7-5-4-6-8-11/h4-8,13H,9-10H2,1-3H3. The number of benzene rings is 1. The fraction of sp³-hybridized carbons (Fsp3) is 0.500. The summed E-state index contributed by atoms with van der Waals surface area (Å²) in [5.74, 6) is 0. The van der Waals surface area contributed by atoms with E-state index >= 15 is 0 Å². The Balaban J connectivity index is 2.29. The van der Waals surface area contributed by atoms with Crippen molar-refractivity contribution in [3.63, 3.8) is 0 Å². The zero-order valence-electron chi connectivity index (χ0n) is 8.80. The molecule has 0 radical (unpaired) electrons. The zero-order chi connectivity index (χ0) is 9.73. The van der Waals surface area contributed by atoms with Gasteiger partial charge in [0, 0.05) is 5.54 Å². The molecule has 1 N–H and O–H groups in total. The molecule has 0 atom stereocenters. The van der Waals surface area contributed by atoms with Crippen LogP contribution in [-0.4, -0.2) is 12.1 Å². The van der Waals surface area contributed by atoms with Gasteiger partial charge in [0.15, 0.2) is 0 Å². The lowest BCUT2D eigenvalue weighted by Crippen LogP contribution is -2.37. The summed E-state index contributed by atoms with van der Waals surface area (Å²) < 4.78 is 0. The molecule has 1 aromatic carbocycles. The molecular formula is C12H19N. The molecule has 0 spiro atoms. The van der Waals surface area contributed by atoms with Gasteiger partial charge in [-0.2, -0.15) is 0 Å². The second-order valence-electron chi connectivity index (χ2n) is 4.41. The molecule has 72 valence electrons. The minimum absolute atomic E-state index is 0.231. The van der Waals surface area contributed by atoms with E-state index in [-0.39, 0.29) is 5.54 Å². The van der Waals surface area contributed by atoms with Gasteiger partial charge < -0.3 is 5.32 Å². The van der Waals surface area contributed by atoms with E-state index in [2.05, 4.69) is 56.4 Å². The molecule has 1 rings (SSSR count). The fourth-order valence-electron chi connectivity index (χ4n) is 1.23. The van der Waals surface area contributed by atoms with E-state index in [9.17, 15) is 0 Å². The van der Waals surface area contributed by atoms with E-state index in [1.165, 1.54) is 5.56 Å².